The molecule has 1 unspecified atom stereocenters. The number of amides is 1. The number of rotatable bonds is 10. The molecule has 0 saturated heterocycles. The highest BCUT2D eigenvalue weighted by Crippen LogP contribution is 2.28. The van der Waals surface area contributed by atoms with Crippen molar-refractivity contribution in [2.75, 3.05) is 18.4 Å². The second-order valence-electron chi connectivity index (χ2n) is 7.15. The lowest BCUT2D eigenvalue weighted by Gasteiger charge is -2.25. The average Bonchev–Trinajstić information content (AvgIpc) is 2.70. The molecule has 6 N–H and O–H groups in total. The summed E-state index contributed by atoms with van der Waals surface area (Å²) in [4.78, 5) is 12.6. The van der Waals surface area contributed by atoms with Gasteiger partial charge in [-0.1, -0.05) is 18.2 Å². The van der Waals surface area contributed by atoms with Crippen molar-refractivity contribution in [2.45, 2.75) is 20.4 Å². The third-order valence-electron chi connectivity index (χ3n) is 4.31. The first-order valence-corrected chi connectivity index (χ1v) is 10.1. The molecule has 2 rings (SSSR count). The number of amidine groups is 1. The minimum absolute atomic E-state index is 0.00733. The molecule has 2 aromatic rings. The Labute approximate surface area is 177 Å². The lowest BCUT2D eigenvalue weighted by atomic mass is 9.93. The third-order valence-corrected chi connectivity index (χ3v) is 4.70. The Morgan fingerprint density at radius 2 is 1.90 bits per heavy atom. The van der Waals surface area contributed by atoms with Crippen LogP contribution in [0.1, 0.15) is 25.0 Å². The normalized spacial score (nSPS) is 12.0. The Balaban J connectivity index is 2.05. The maximum Gasteiger partial charge on any atom is 0.259 e. The molecule has 0 fully saturated rings. The van der Waals surface area contributed by atoms with Gasteiger partial charge in [-0.25, -0.2) is 4.21 Å². The highest BCUT2D eigenvalue weighted by atomic mass is 32.2. The number of nitrogens with one attached hydrogen (secondary N) is 3. The van der Waals surface area contributed by atoms with Crippen LogP contribution in [0.25, 0.3) is 0 Å². The Bertz CT molecular complexity index is 931. The van der Waals surface area contributed by atoms with Crippen LogP contribution < -0.4 is 25.2 Å². The molecule has 0 spiro atoms. The van der Waals surface area contributed by atoms with Crippen molar-refractivity contribution in [3.63, 3.8) is 0 Å². The van der Waals surface area contributed by atoms with Crippen LogP contribution in [0.15, 0.2) is 42.5 Å². The summed E-state index contributed by atoms with van der Waals surface area (Å²) in [7, 11) is 1.59. The summed E-state index contributed by atoms with van der Waals surface area (Å²) in [5.74, 6) is 0.421. The predicted octanol–water partition coefficient (Wildman–Crippen LogP) is 2.25. The van der Waals surface area contributed by atoms with Crippen molar-refractivity contribution in [1.29, 1.82) is 5.41 Å². The van der Waals surface area contributed by atoms with Crippen LogP contribution in [-0.4, -0.2) is 34.2 Å². The van der Waals surface area contributed by atoms with E-state index >= 15 is 0 Å². The lowest BCUT2D eigenvalue weighted by molar-refractivity contribution is -0.131. The molecular weight excluding hydrogens is 408 g/mol. The van der Waals surface area contributed by atoms with E-state index in [2.05, 4.69) is 10.0 Å². The Morgan fingerprint density at radius 1 is 1.23 bits per heavy atom. The summed E-state index contributed by atoms with van der Waals surface area (Å²) in [6.07, 6.45) is 0. The predicted molar refractivity (Wildman–Crippen MR) is 116 cm³/mol. The standard InChI is InChI=1S/C20H26N4O5S/c1-20(2,19(25)23-11-13-7-9-14(28-3)10-8-13)12-29-16-6-4-5-15(24-30(26)27)17(16)18(21)22/h4-10,24H,11-12H2,1-3H3,(H3,21,22)(H,23,25)(H,26,27). The minimum Gasteiger partial charge on any atom is -0.497 e. The van der Waals surface area contributed by atoms with Crippen LogP contribution >= 0.6 is 0 Å². The Hall–Kier alpha value is -3.11. The smallest absolute Gasteiger partial charge is 0.259 e. The summed E-state index contributed by atoms with van der Waals surface area (Å²) in [6, 6.07) is 12.0. The topological polar surface area (TPSA) is 147 Å². The van der Waals surface area contributed by atoms with E-state index in [4.69, 9.17) is 25.2 Å². The highest BCUT2D eigenvalue weighted by Gasteiger charge is 2.29. The quantitative estimate of drug-likeness (QED) is 0.220. The van der Waals surface area contributed by atoms with E-state index in [0.29, 0.717) is 6.54 Å². The highest BCUT2D eigenvalue weighted by molar-refractivity contribution is 7.80. The van der Waals surface area contributed by atoms with Gasteiger partial charge in [-0.15, -0.1) is 0 Å². The molecule has 10 heteroatoms. The maximum absolute atomic E-state index is 12.6. The van der Waals surface area contributed by atoms with E-state index in [1.807, 2.05) is 24.3 Å². The second-order valence-corrected chi connectivity index (χ2v) is 7.85. The number of anilines is 1. The largest absolute Gasteiger partial charge is 0.497 e. The first kappa shape index (κ1) is 23.2. The van der Waals surface area contributed by atoms with Crippen LogP contribution in [0.4, 0.5) is 5.69 Å². The summed E-state index contributed by atoms with van der Waals surface area (Å²) >= 11 is -2.33. The number of carbonyl (C=O) groups is 1. The number of hydrogen-bond acceptors (Lipinski definition) is 5. The Morgan fingerprint density at radius 3 is 2.47 bits per heavy atom. The number of nitrogen functional groups attached to an aromatic ring is 1. The van der Waals surface area contributed by atoms with Gasteiger partial charge in [-0.2, -0.15) is 0 Å². The fourth-order valence-electron chi connectivity index (χ4n) is 2.60. The van der Waals surface area contributed by atoms with Crippen molar-refractivity contribution in [3.05, 3.63) is 53.6 Å². The van der Waals surface area contributed by atoms with Gasteiger partial charge < -0.3 is 20.5 Å². The van der Waals surface area contributed by atoms with Crippen molar-refractivity contribution < 1.29 is 23.0 Å². The molecule has 0 radical (unpaired) electrons. The van der Waals surface area contributed by atoms with Crippen LogP contribution in [-0.2, 0) is 22.6 Å². The molecule has 1 amide bonds. The first-order valence-electron chi connectivity index (χ1n) is 9.03. The van der Waals surface area contributed by atoms with Gasteiger partial charge in [-0.3, -0.25) is 19.5 Å². The van der Waals surface area contributed by atoms with E-state index in [1.54, 1.807) is 33.1 Å². The molecule has 9 nitrogen and oxygen atoms in total. The van der Waals surface area contributed by atoms with Crippen LogP contribution in [0.2, 0.25) is 0 Å². The maximum atomic E-state index is 12.6. The zero-order valence-corrected chi connectivity index (χ0v) is 17.8. The van der Waals surface area contributed by atoms with Gasteiger partial charge in [0.1, 0.15) is 23.9 Å². The number of ether oxygens (including phenoxy) is 2. The van der Waals surface area contributed by atoms with Crippen LogP contribution in [0.3, 0.4) is 0 Å². The van der Waals surface area contributed by atoms with Gasteiger partial charge in [-0.05, 0) is 43.7 Å². The molecule has 0 aliphatic rings. The van der Waals surface area contributed by atoms with Gasteiger partial charge in [0.25, 0.3) is 11.3 Å². The zero-order chi connectivity index (χ0) is 22.3. The van der Waals surface area contributed by atoms with Gasteiger partial charge in [0.15, 0.2) is 0 Å². The first-order chi connectivity index (χ1) is 14.1. The molecule has 1 atom stereocenters. The third kappa shape index (κ3) is 6.19. The van der Waals surface area contributed by atoms with Crippen molar-refractivity contribution in [3.8, 4) is 11.5 Å². The molecule has 0 aromatic heterocycles. The SMILES string of the molecule is COc1ccc(CNC(=O)C(C)(C)COc2cccc(NS(=O)O)c2C(=N)N)cc1. The number of carbonyl (C=O) groups excluding carboxylic acids is 1. The molecule has 162 valence electrons. The molecule has 2 aromatic carbocycles. The van der Waals surface area contributed by atoms with Crippen molar-refractivity contribution in [1.82, 2.24) is 5.32 Å². The summed E-state index contributed by atoms with van der Waals surface area (Å²) in [5, 5.41) is 10.6. The number of benzene rings is 2. The number of nitrogens with two attached hydrogens (primary N) is 1. The molecule has 30 heavy (non-hydrogen) atoms. The molecule has 0 bridgehead atoms. The molecule has 0 aliphatic carbocycles. The van der Waals surface area contributed by atoms with E-state index in [1.165, 1.54) is 6.07 Å². The van der Waals surface area contributed by atoms with Crippen LogP contribution in [0.5, 0.6) is 11.5 Å². The van der Waals surface area contributed by atoms with Crippen molar-refractivity contribution >= 4 is 28.7 Å². The van der Waals surface area contributed by atoms with E-state index in [0.717, 1.165) is 11.3 Å². The van der Waals surface area contributed by atoms with Gasteiger partial charge >= 0.3 is 0 Å². The zero-order valence-electron chi connectivity index (χ0n) is 17.0. The van der Waals surface area contributed by atoms with Crippen molar-refractivity contribution in [2.24, 2.45) is 11.1 Å². The van der Waals surface area contributed by atoms with Crippen LogP contribution in [0, 0.1) is 10.8 Å². The number of methoxy groups -OCH3 is 1. The summed E-state index contributed by atoms with van der Waals surface area (Å²) in [6.45, 7) is 3.82. The fraction of sp³-hybridized carbons (Fsp3) is 0.300. The summed E-state index contributed by atoms with van der Waals surface area (Å²) in [5.41, 5.74) is 5.99. The average molecular weight is 435 g/mol. The van der Waals surface area contributed by atoms with Gasteiger partial charge in [0.05, 0.1) is 23.8 Å². The lowest BCUT2D eigenvalue weighted by Crippen LogP contribution is -2.40. The van der Waals surface area contributed by atoms with E-state index < -0.39 is 16.7 Å². The monoisotopic (exact) mass is 434 g/mol. The molecular formula is C20H26N4O5S. The molecule has 0 saturated carbocycles. The molecule has 0 aliphatic heterocycles. The Kier molecular flexibility index (Phi) is 7.79. The second kappa shape index (κ2) is 10.1. The van der Waals surface area contributed by atoms with Gasteiger partial charge in [0, 0.05) is 6.54 Å². The van der Waals surface area contributed by atoms with Gasteiger partial charge in [0.2, 0.25) is 5.91 Å². The summed E-state index contributed by atoms with van der Waals surface area (Å²) < 4.78 is 33.3. The van der Waals surface area contributed by atoms with E-state index in [-0.39, 0.29) is 35.4 Å². The molecule has 0 heterocycles. The van der Waals surface area contributed by atoms with E-state index in [9.17, 15) is 9.00 Å². The minimum atomic E-state index is -2.33. The fourth-order valence-corrected chi connectivity index (χ4v) is 2.96. The number of hydrogen-bond donors (Lipinski definition) is 5.